The van der Waals surface area contributed by atoms with E-state index in [0.29, 0.717) is 5.13 Å². The van der Waals surface area contributed by atoms with Gasteiger partial charge in [-0.3, -0.25) is 0 Å². The van der Waals surface area contributed by atoms with E-state index in [0.717, 1.165) is 5.01 Å². The highest BCUT2D eigenvalue weighted by Gasteiger charge is 2.28. The molecular weight excluding hydrogens is 218 g/mol. The predicted octanol–water partition coefficient (Wildman–Crippen LogP) is 2.75. The zero-order valence-corrected chi connectivity index (χ0v) is 10.5. The zero-order valence-electron chi connectivity index (χ0n) is 9.69. The van der Waals surface area contributed by atoms with Gasteiger partial charge in [-0.25, -0.2) is 0 Å². The molecule has 0 aliphatic heterocycles. The lowest BCUT2D eigenvalue weighted by Crippen LogP contribution is -2.20. The minimum atomic E-state index is -0.138. The summed E-state index contributed by atoms with van der Waals surface area (Å²) in [6.07, 6.45) is 0. The molecule has 1 heterocycles. The molecule has 0 amide bonds. The average molecular weight is 233 g/mol. The number of aromatic nitrogens is 2. The molecule has 84 valence electrons. The molecule has 0 radical (unpaired) electrons. The van der Waals surface area contributed by atoms with Crippen LogP contribution in [0.25, 0.3) is 0 Å². The maximum absolute atomic E-state index is 5.64. The molecule has 2 aromatic rings. The van der Waals surface area contributed by atoms with Crippen molar-refractivity contribution in [3.63, 3.8) is 0 Å². The summed E-state index contributed by atoms with van der Waals surface area (Å²) in [7, 11) is 0. The fourth-order valence-electron chi connectivity index (χ4n) is 1.88. The summed E-state index contributed by atoms with van der Waals surface area (Å²) in [5.74, 6) is 0. The smallest absolute Gasteiger partial charge is 0.203 e. The Kier molecular flexibility index (Phi) is 2.68. The van der Waals surface area contributed by atoms with Gasteiger partial charge in [0.25, 0.3) is 0 Å². The minimum Gasteiger partial charge on any atom is -0.374 e. The molecule has 0 unspecified atom stereocenters. The van der Waals surface area contributed by atoms with Crippen molar-refractivity contribution in [2.75, 3.05) is 5.73 Å². The Balaban J connectivity index is 2.50. The third-order valence-electron chi connectivity index (χ3n) is 2.79. The van der Waals surface area contributed by atoms with Crippen molar-refractivity contribution >= 4 is 16.5 Å². The molecule has 3 nitrogen and oxygen atoms in total. The SMILES string of the molecule is Cc1ccccc1C(C)(C)c1nnc(N)s1. The van der Waals surface area contributed by atoms with Gasteiger partial charge in [0, 0.05) is 5.41 Å². The van der Waals surface area contributed by atoms with Crippen LogP contribution in [0.5, 0.6) is 0 Å². The summed E-state index contributed by atoms with van der Waals surface area (Å²) >= 11 is 1.45. The summed E-state index contributed by atoms with van der Waals surface area (Å²) in [5, 5.41) is 9.52. The molecule has 0 aliphatic carbocycles. The van der Waals surface area contributed by atoms with E-state index >= 15 is 0 Å². The van der Waals surface area contributed by atoms with Crippen molar-refractivity contribution in [2.24, 2.45) is 0 Å². The number of hydrogen-bond acceptors (Lipinski definition) is 4. The maximum atomic E-state index is 5.64. The molecule has 2 N–H and O–H groups in total. The van der Waals surface area contributed by atoms with Gasteiger partial charge in [-0.15, -0.1) is 10.2 Å². The van der Waals surface area contributed by atoms with E-state index in [4.69, 9.17) is 5.73 Å². The van der Waals surface area contributed by atoms with E-state index in [2.05, 4.69) is 49.2 Å². The molecule has 16 heavy (non-hydrogen) atoms. The molecular formula is C12H15N3S. The molecule has 4 heteroatoms. The zero-order chi connectivity index (χ0) is 11.8. The van der Waals surface area contributed by atoms with Crippen molar-refractivity contribution in [2.45, 2.75) is 26.2 Å². The lowest BCUT2D eigenvalue weighted by molar-refractivity contribution is 0.622. The Labute approximate surface area is 99.3 Å². The maximum Gasteiger partial charge on any atom is 0.203 e. The van der Waals surface area contributed by atoms with Crippen LogP contribution in [0.2, 0.25) is 0 Å². The van der Waals surface area contributed by atoms with Crippen molar-refractivity contribution < 1.29 is 0 Å². The van der Waals surface area contributed by atoms with Gasteiger partial charge >= 0.3 is 0 Å². The number of rotatable bonds is 2. The number of benzene rings is 1. The van der Waals surface area contributed by atoms with Crippen molar-refractivity contribution in [1.82, 2.24) is 10.2 Å². The molecule has 0 saturated heterocycles. The third-order valence-corrected chi connectivity index (χ3v) is 3.87. The molecule has 0 fully saturated rings. The number of nitrogen functional groups attached to an aromatic ring is 1. The number of nitrogens with two attached hydrogens (primary N) is 1. The van der Waals surface area contributed by atoms with E-state index in [1.807, 2.05) is 6.07 Å². The number of aryl methyl sites for hydroxylation is 1. The average Bonchev–Trinajstić information content (AvgIpc) is 2.66. The monoisotopic (exact) mass is 233 g/mol. The third kappa shape index (κ3) is 1.80. The Morgan fingerprint density at radius 3 is 2.44 bits per heavy atom. The number of hydrogen-bond donors (Lipinski definition) is 1. The van der Waals surface area contributed by atoms with Crippen LogP contribution in [0.15, 0.2) is 24.3 Å². The van der Waals surface area contributed by atoms with Crippen LogP contribution in [0, 0.1) is 6.92 Å². The van der Waals surface area contributed by atoms with Crippen molar-refractivity contribution in [3.8, 4) is 0 Å². The molecule has 0 saturated carbocycles. The molecule has 1 aromatic carbocycles. The lowest BCUT2D eigenvalue weighted by atomic mass is 9.83. The number of anilines is 1. The Morgan fingerprint density at radius 1 is 1.19 bits per heavy atom. The van der Waals surface area contributed by atoms with Gasteiger partial charge in [-0.1, -0.05) is 35.6 Å². The Bertz CT molecular complexity index is 502. The highest BCUT2D eigenvalue weighted by Crippen LogP contribution is 2.35. The first kappa shape index (κ1) is 11.1. The molecule has 2 rings (SSSR count). The fourth-order valence-corrected chi connectivity index (χ4v) is 2.60. The van der Waals surface area contributed by atoms with Gasteiger partial charge in [0.05, 0.1) is 0 Å². The van der Waals surface area contributed by atoms with E-state index in [1.165, 1.54) is 22.5 Å². The summed E-state index contributed by atoms with van der Waals surface area (Å²) in [6, 6.07) is 8.34. The topological polar surface area (TPSA) is 51.8 Å². The second-order valence-corrected chi connectivity index (χ2v) is 5.39. The second-order valence-electron chi connectivity index (χ2n) is 4.39. The predicted molar refractivity (Wildman–Crippen MR) is 67.6 cm³/mol. The highest BCUT2D eigenvalue weighted by molar-refractivity contribution is 7.15. The highest BCUT2D eigenvalue weighted by atomic mass is 32.1. The summed E-state index contributed by atoms with van der Waals surface area (Å²) in [5.41, 5.74) is 8.03. The number of nitrogens with zero attached hydrogens (tertiary/aromatic N) is 2. The van der Waals surface area contributed by atoms with Gasteiger partial charge in [-0.2, -0.15) is 0 Å². The van der Waals surface area contributed by atoms with Crippen LogP contribution in [0.1, 0.15) is 30.0 Å². The van der Waals surface area contributed by atoms with Crippen LogP contribution >= 0.6 is 11.3 Å². The van der Waals surface area contributed by atoms with Gasteiger partial charge in [0.1, 0.15) is 5.01 Å². The van der Waals surface area contributed by atoms with Gasteiger partial charge in [0.2, 0.25) is 5.13 Å². The first-order valence-corrected chi connectivity index (χ1v) is 5.99. The van der Waals surface area contributed by atoms with E-state index in [-0.39, 0.29) is 5.41 Å². The summed E-state index contributed by atoms with van der Waals surface area (Å²) < 4.78 is 0. The van der Waals surface area contributed by atoms with E-state index < -0.39 is 0 Å². The first-order valence-electron chi connectivity index (χ1n) is 5.17. The van der Waals surface area contributed by atoms with Crippen LogP contribution in [-0.4, -0.2) is 10.2 Å². The summed E-state index contributed by atoms with van der Waals surface area (Å²) in [6.45, 7) is 6.41. The molecule has 0 atom stereocenters. The lowest BCUT2D eigenvalue weighted by Gasteiger charge is -2.23. The normalized spacial score (nSPS) is 11.7. The second kappa shape index (κ2) is 3.87. The standard InChI is InChI=1S/C12H15N3S/c1-8-6-4-5-7-9(8)12(2,3)10-14-15-11(13)16-10/h4-7H,1-3H3,(H2,13,15). The molecule has 0 bridgehead atoms. The van der Waals surface area contributed by atoms with Crippen LogP contribution in [0.4, 0.5) is 5.13 Å². The van der Waals surface area contributed by atoms with Gasteiger partial charge in [-0.05, 0) is 31.9 Å². The van der Waals surface area contributed by atoms with E-state index in [9.17, 15) is 0 Å². The van der Waals surface area contributed by atoms with Crippen molar-refractivity contribution in [1.29, 1.82) is 0 Å². The van der Waals surface area contributed by atoms with Crippen LogP contribution in [0.3, 0.4) is 0 Å². The van der Waals surface area contributed by atoms with Gasteiger partial charge < -0.3 is 5.73 Å². The molecule has 0 aliphatic rings. The van der Waals surface area contributed by atoms with E-state index in [1.54, 1.807) is 0 Å². The van der Waals surface area contributed by atoms with Gasteiger partial charge in [0.15, 0.2) is 0 Å². The quantitative estimate of drug-likeness (QED) is 0.867. The fraction of sp³-hybridized carbons (Fsp3) is 0.333. The largest absolute Gasteiger partial charge is 0.374 e. The molecule has 1 aromatic heterocycles. The minimum absolute atomic E-state index is 0.138. The Hall–Kier alpha value is -1.42. The first-order chi connectivity index (χ1) is 7.51. The molecule has 0 spiro atoms. The Morgan fingerprint density at radius 2 is 1.88 bits per heavy atom. The summed E-state index contributed by atoms with van der Waals surface area (Å²) in [4.78, 5) is 0. The van der Waals surface area contributed by atoms with Crippen LogP contribution < -0.4 is 5.73 Å². The van der Waals surface area contributed by atoms with Crippen molar-refractivity contribution in [3.05, 3.63) is 40.4 Å². The van der Waals surface area contributed by atoms with Crippen LogP contribution in [-0.2, 0) is 5.41 Å².